The lowest BCUT2D eigenvalue weighted by Crippen LogP contribution is -2.50. The van der Waals surface area contributed by atoms with Crippen molar-refractivity contribution in [2.45, 2.75) is 39.6 Å². The van der Waals surface area contributed by atoms with E-state index in [0.717, 1.165) is 11.1 Å². The Morgan fingerprint density at radius 2 is 1.46 bits per heavy atom. The van der Waals surface area contributed by atoms with E-state index in [9.17, 15) is 4.79 Å². The Morgan fingerprint density at radius 1 is 0.826 bits per heavy atom. The molecule has 9 nitrogen and oxygen atoms in total. The van der Waals surface area contributed by atoms with Crippen LogP contribution in [0.3, 0.4) is 0 Å². The summed E-state index contributed by atoms with van der Waals surface area (Å²) in [4.78, 5) is 20.9. The quantitative estimate of drug-likeness (QED) is 0.184. The highest BCUT2D eigenvalue weighted by Gasteiger charge is 2.28. The fraction of sp³-hybridized carbons (Fsp3) is 0.306. The number of pyridine rings is 1. The van der Waals surface area contributed by atoms with Gasteiger partial charge in [0.15, 0.2) is 5.82 Å². The van der Waals surface area contributed by atoms with Gasteiger partial charge in [0.05, 0.1) is 11.3 Å². The highest BCUT2D eigenvalue weighted by atomic mass is 19.1. The van der Waals surface area contributed by atoms with Gasteiger partial charge in [0, 0.05) is 44.7 Å². The molecule has 0 saturated carbocycles. The first-order valence-corrected chi connectivity index (χ1v) is 15.4. The normalized spacial score (nSPS) is 13.6. The molecule has 238 valence electrons. The SMILES string of the molecule is Cn1nc(-c2ccc(OCc3ccccc3)nc2OCc2ccccc2)c2ccc(N3CCN(C(=O)OC(C)(C)C)CC3)c(F)c21. The Hall–Kier alpha value is -5.12. The molecule has 3 heterocycles. The summed E-state index contributed by atoms with van der Waals surface area (Å²) < 4.78 is 35.6. The van der Waals surface area contributed by atoms with Gasteiger partial charge in [-0.15, -0.1) is 0 Å². The summed E-state index contributed by atoms with van der Waals surface area (Å²) in [5.41, 5.74) is 3.47. The average molecular weight is 624 g/mol. The molecule has 6 rings (SSSR count). The van der Waals surface area contributed by atoms with Gasteiger partial charge < -0.3 is 24.0 Å². The molecule has 0 bridgehead atoms. The third kappa shape index (κ3) is 6.91. The number of hydrogen-bond donors (Lipinski definition) is 0. The molecule has 1 aliphatic heterocycles. The van der Waals surface area contributed by atoms with Gasteiger partial charge in [0.1, 0.15) is 30.0 Å². The molecular formula is C36H38FN5O4. The number of ether oxygens (including phenoxy) is 3. The molecule has 0 atom stereocenters. The lowest BCUT2D eigenvalue weighted by atomic mass is 10.1. The molecule has 1 saturated heterocycles. The minimum absolute atomic E-state index is 0.293. The monoisotopic (exact) mass is 623 g/mol. The molecule has 5 aromatic rings. The van der Waals surface area contributed by atoms with Gasteiger partial charge in [0.2, 0.25) is 11.8 Å². The third-order valence-corrected chi connectivity index (χ3v) is 7.73. The zero-order valence-electron chi connectivity index (χ0n) is 26.6. The van der Waals surface area contributed by atoms with Crippen molar-refractivity contribution < 1.29 is 23.4 Å². The van der Waals surface area contributed by atoms with Crippen molar-refractivity contribution >= 4 is 22.7 Å². The van der Waals surface area contributed by atoms with Crippen LogP contribution < -0.4 is 14.4 Å². The van der Waals surface area contributed by atoms with E-state index in [4.69, 9.17) is 24.3 Å². The van der Waals surface area contributed by atoms with Gasteiger partial charge in [-0.2, -0.15) is 10.1 Å². The second kappa shape index (κ2) is 13.1. The fourth-order valence-electron chi connectivity index (χ4n) is 5.47. The maximum atomic E-state index is 16.2. The molecule has 0 aliphatic carbocycles. The van der Waals surface area contributed by atoms with E-state index >= 15 is 4.39 Å². The van der Waals surface area contributed by atoms with Crippen LogP contribution in [0.5, 0.6) is 11.8 Å². The largest absolute Gasteiger partial charge is 0.473 e. The van der Waals surface area contributed by atoms with Gasteiger partial charge >= 0.3 is 6.09 Å². The highest BCUT2D eigenvalue weighted by Crippen LogP contribution is 2.38. The Labute approximate surface area is 268 Å². The van der Waals surface area contributed by atoms with Crippen LogP contribution in [0.4, 0.5) is 14.9 Å². The maximum absolute atomic E-state index is 16.2. The average Bonchev–Trinajstić information content (AvgIpc) is 3.39. The van der Waals surface area contributed by atoms with E-state index in [2.05, 4.69) is 0 Å². The number of hydrogen-bond acceptors (Lipinski definition) is 7. The number of piperazine rings is 1. The second-order valence-electron chi connectivity index (χ2n) is 12.3. The van der Waals surface area contributed by atoms with E-state index in [0.29, 0.717) is 79.0 Å². The molecule has 1 fully saturated rings. The minimum atomic E-state index is -0.569. The fourth-order valence-corrected chi connectivity index (χ4v) is 5.47. The topological polar surface area (TPSA) is 82.0 Å². The Kier molecular flexibility index (Phi) is 8.78. The van der Waals surface area contributed by atoms with E-state index < -0.39 is 5.60 Å². The van der Waals surface area contributed by atoms with Crippen molar-refractivity contribution in [2.24, 2.45) is 7.05 Å². The Bertz CT molecular complexity index is 1810. The molecule has 0 spiro atoms. The summed E-state index contributed by atoms with van der Waals surface area (Å²) in [6.45, 7) is 8.03. The zero-order chi connectivity index (χ0) is 32.3. The summed E-state index contributed by atoms with van der Waals surface area (Å²) in [6.07, 6.45) is -0.352. The number of carbonyl (C=O) groups is 1. The molecule has 0 radical (unpaired) electrons. The first-order chi connectivity index (χ1) is 22.2. The molecule has 3 aromatic carbocycles. The van der Waals surface area contributed by atoms with E-state index in [1.807, 2.05) is 98.5 Å². The van der Waals surface area contributed by atoms with Crippen molar-refractivity contribution in [3.05, 3.63) is 102 Å². The summed E-state index contributed by atoms with van der Waals surface area (Å²) in [5, 5.41) is 5.38. The van der Waals surface area contributed by atoms with Gasteiger partial charge in [-0.3, -0.25) is 4.68 Å². The van der Waals surface area contributed by atoms with Crippen molar-refractivity contribution in [3.63, 3.8) is 0 Å². The van der Waals surface area contributed by atoms with Crippen LogP contribution >= 0.6 is 0 Å². The number of benzene rings is 3. The zero-order valence-corrected chi connectivity index (χ0v) is 26.6. The number of rotatable bonds is 8. The number of aryl methyl sites for hydroxylation is 1. The van der Waals surface area contributed by atoms with E-state index in [-0.39, 0.29) is 11.9 Å². The molecule has 46 heavy (non-hydrogen) atoms. The molecule has 0 unspecified atom stereocenters. The number of carbonyl (C=O) groups excluding carboxylic acids is 1. The van der Waals surface area contributed by atoms with Crippen LogP contribution in [0.1, 0.15) is 31.9 Å². The summed E-state index contributed by atoms with van der Waals surface area (Å²) in [6, 6.07) is 27.0. The van der Waals surface area contributed by atoms with Crippen molar-refractivity contribution in [1.82, 2.24) is 19.7 Å². The number of halogens is 1. The van der Waals surface area contributed by atoms with Crippen LogP contribution in [-0.2, 0) is 25.0 Å². The lowest BCUT2D eigenvalue weighted by molar-refractivity contribution is 0.0240. The smallest absolute Gasteiger partial charge is 0.410 e. The van der Waals surface area contributed by atoms with Crippen LogP contribution in [0, 0.1) is 5.82 Å². The van der Waals surface area contributed by atoms with E-state index in [1.165, 1.54) is 0 Å². The first-order valence-electron chi connectivity index (χ1n) is 15.4. The van der Waals surface area contributed by atoms with Crippen LogP contribution in [0.2, 0.25) is 0 Å². The highest BCUT2D eigenvalue weighted by molar-refractivity contribution is 5.96. The number of fused-ring (bicyclic) bond motifs is 1. The van der Waals surface area contributed by atoms with Crippen LogP contribution in [0.25, 0.3) is 22.2 Å². The third-order valence-electron chi connectivity index (χ3n) is 7.73. The van der Waals surface area contributed by atoms with Crippen molar-refractivity contribution in [3.8, 4) is 23.0 Å². The summed E-state index contributed by atoms with van der Waals surface area (Å²) >= 11 is 0. The standard InChI is InChI=1S/C36H38FN5O4/c1-36(2,3)46-35(43)42-21-19-41(20-22-42)29-17-15-27-32(39-40(4)33(27)31(29)37)28-16-18-30(44-23-25-11-7-5-8-12-25)38-34(28)45-24-26-13-9-6-10-14-26/h5-18H,19-24H2,1-4H3. The lowest BCUT2D eigenvalue weighted by Gasteiger charge is -2.36. The number of aromatic nitrogens is 3. The van der Waals surface area contributed by atoms with Crippen molar-refractivity contribution in [2.75, 3.05) is 31.1 Å². The molecule has 10 heteroatoms. The number of anilines is 1. The molecule has 2 aromatic heterocycles. The molecule has 1 aliphatic rings. The maximum Gasteiger partial charge on any atom is 0.410 e. The predicted molar refractivity (Wildman–Crippen MR) is 175 cm³/mol. The van der Waals surface area contributed by atoms with Gasteiger partial charge in [0.25, 0.3) is 0 Å². The first kappa shape index (κ1) is 30.9. The Morgan fingerprint density at radius 3 is 2.09 bits per heavy atom. The second-order valence-corrected chi connectivity index (χ2v) is 12.3. The number of amides is 1. The van der Waals surface area contributed by atoms with Gasteiger partial charge in [-0.1, -0.05) is 60.7 Å². The van der Waals surface area contributed by atoms with Crippen LogP contribution in [0.15, 0.2) is 84.9 Å². The van der Waals surface area contributed by atoms with Crippen molar-refractivity contribution in [1.29, 1.82) is 0 Å². The minimum Gasteiger partial charge on any atom is -0.473 e. The predicted octanol–water partition coefficient (Wildman–Crippen LogP) is 6.99. The summed E-state index contributed by atoms with van der Waals surface area (Å²) in [5.74, 6) is 0.388. The van der Waals surface area contributed by atoms with Gasteiger partial charge in [-0.05, 0) is 50.1 Å². The number of nitrogens with zero attached hydrogens (tertiary/aromatic N) is 5. The van der Waals surface area contributed by atoms with E-state index in [1.54, 1.807) is 28.8 Å². The molecule has 1 amide bonds. The molecular weight excluding hydrogens is 585 g/mol. The van der Waals surface area contributed by atoms with Gasteiger partial charge in [-0.25, -0.2) is 9.18 Å². The van der Waals surface area contributed by atoms with Crippen LogP contribution in [-0.4, -0.2) is 57.5 Å². The summed E-state index contributed by atoms with van der Waals surface area (Å²) in [7, 11) is 1.73. The molecule has 0 N–H and O–H groups in total. The Balaban J connectivity index is 1.27.